The fourth-order valence-electron chi connectivity index (χ4n) is 2.29. The summed E-state index contributed by atoms with van der Waals surface area (Å²) in [6.45, 7) is -0.164. The van der Waals surface area contributed by atoms with Gasteiger partial charge in [0.15, 0.2) is 0 Å². The van der Waals surface area contributed by atoms with Crippen LogP contribution in [0.2, 0.25) is 0 Å². The zero-order valence-corrected chi connectivity index (χ0v) is 12.1. The molecule has 0 bridgehead atoms. The molecule has 0 atom stereocenters. The Bertz CT molecular complexity index is 763. The molecule has 0 fully saturated rings. The predicted octanol–water partition coefficient (Wildman–Crippen LogP) is 3.54. The van der Waals surface area contributed by atoms with E-state index in [1.807, 2.05) is 47.8 Å². The van der Waals surface area contributed by atoms with E-state index < -0.39 is 0 Å². The summed E-state index contributed by atoms with van der Waals surface area (Å²) in [4.78, 5) is 13.0. The maximum atomic E-state index is 12.0. The van der Waals surface area contributed by atoms with Crippen LogP contribution in [0.5, 0.6) is 5.75 Å². The maximum Gasteiger partial charge on any atom is 0.316 e. The summed E-state index contributed by atoms with van der Waals surface area (Å²) >= 11 is 1.52. The molecule has 0 radical (unpaired) electrons. The first-order valence-electron chi connectivity index (χ1n) is 6.62. The number of hydrogen-bond donors (Lipinski definition) is 1. The van der Waals surface area contributed by atoms with Crippen LogP contribution >= 0.6 is 11.3 Å². The molecule has 0 spiro atoms. The van der Waals surface area contributed by atoms with E-state index in [9.17, 15) is 9.90 Å². The first kappa shape index (κ1) is 13.8. The van der Waals surface area contributed by atoms with Crippen LogP contribution in [0.4, 0.5) is 0 Å². The van der Waals surface area contributed by atoms with Crippen molar-refractivity contribution in [3.63, 3.8) is 0 Å². The number of aliphatic hydroxyl groups excluding tert-OH is 1. The summed E-state index contributed by atoms with van der Waals surface area (Å²) in [7, 11) is 0. The highest BCUT2D eigenvalue weighted by atomic mass is 32.1. The van der Waals surface area contributed by atoms with Crippen molar-refractivity contribution in [2.45, 2.75) is 13.0 Å². The van der Waals surface area contributed by atoms with Crippen molar-refractivity contribution in [3.8, 4) is 5.75 Å². The molecule has 2 aromatic carbocycles. The molecule has 3 aromatic rings. The molecule has 3 rings (SSSR count). The van der Waals surface area contributed by atoms with Crippen molar-refractivity contribution in [2.75, 3.05) is 0 Å². The Morgan fingerprint density at radius 3 is 2.71 bits per heavy atom. The minimum atomic E-state index is -0.317. The Kier molecular flexibility index (Phi) is 3.99. The van der Waals surface area contributed by atoms with E-state index in [2.05, 4.69) is 0 Å². The van der Waals surface area contributed by atoms with Crippen molar-refractivity contribution < 1.29 is 14.6 Å². The highest BCUT2D eigenvalue weighted by Gasteiger charge is 2.12. The van der Waals surface area contributed by atoms with Crippen molar-refractivity contribution >= 4 is 28.1 Å². The van der Waals surface area contributed by atoms with Gasteiger partial charge in [0.05, 0.1) is 13.0 Å². The van der Waals surface area contributed by atoms with E-state index in [0.717, 1.165) is 15.6 Å². The van der Waals surface area contributed by atoms with Gasteiger partial charge in [-0.05, 0) is 28.3 Å². The van der Waals surface area contributed by atoms with Gasteiger partial charge in [0, 0.05) is 10.4 Å². The number of carbonyl (C=O) groups excluding carboxylic acids is 1. The summed E-state index contributed by atoms with van der Waals surface area (Å²) in [5.41, 5.74) is 0.646. The van der Waals surface area contributed by atoms with Crippen LogP contribution in [0.25, 0.3) is 10.8 Å². The minimum absolute atomic E-state index is 0.164. The highest BCUT2D eigenvalue weighted by Crippen LogP contribution is 2.28. The minimum Gasteiger partial charge on any atom is -0.426 e. The first-order valence-corrected chi connectivity index (χ1v) is 7.50. The lowest BCUT2D eigenvalue weighted by Crippen LogP contribution is -2.11. The second-order valence-electron chi connectivity index (χ2n) is 4.65. The van der Waals surface area contributed by atoms with Crippen LogP contribution in [0.3, 0.4) is 0 Å². The van der Waals surface area contributed by atoms with Gasteiger partial charge in [-0.3, -0.25) is 4.79 Å². The van der Waals surface area contributed by atoms with E-state index in [1.54, 1.807) is 6.07 Å². The molecule has 0 saturated carbocycles. The predicted molar refractivity (Wildman–Crippen MR) is 83.5 cm³/mol. The molecule has 0 aliphatic rings. The number of aliphatic hydroxyl groups is 1. The lowest BCUT2D eigenvalue weighted by Gasteiger charge is -2.11. The second-order valence-corrected chi connectivity index (χ2v) is 5.68. The smallest absolute Gasteiger partial charge is 0.316 e. The SMILES string of the molecule is O=C(Cc1cccs1)Oc1ccc2ccccc2c1CO. The van der Waals surface area contributed by atoms with Crippen LogP contribution < -0.4 is 4.74 Å². The van der Waals surface area contributed by atoms with Gasteiger partial charge in [-0.1, -0.05) is 36.4 Å². The van der Waals surface area contributed by atoms with Crippen molar-refractivity contribution in [2.24, 2.45) is 0 Å². The van der Waals surface area contributed by atoms with Gasteiger partial charge in [0.2, 0.25) is 0 Å². The first-order chi connectivity index (χ1) is 10.3. The number of esters is 1. The number of rotatable bonds is 4. The molecule has 1 aromatic heterocycles. The number of benzene rings is 2. The number of hydrogen-bond acceptors (Lipinski definition) is 4. The Morgan fingerprint density at radius 1 is 1.10 bits per heavy atom. The maximum absolute atomic E-state index is 12.0. The van der Waals surface area contributed by atoms with Crippen LogP contribution in [-0.2, 0) is 17.8 Å². The normalized spacial score (nSPS) is 10.7. The second kappa shape index (κ2) is 6.08. The van der Waals surface area contributed by atoms with Gasteiger partial charge in [0.1, 0.15) is 5.75 Å². The average Bonchev–Trinajstić information content (AvgIpc) is 2.99. The van der Waals surface area contributed by atoms with Gasteiger partial charge < -0.3 is 9.84 Å². The van der Waals surface area contributed by atoms with Gasteiger partial charge in [-0.15, -0.1) is 11.3 Å². The van der Waals surface area contributed by atoms with Crippen LogP contribution in [0.1, 0.15) is 10.4 Å². The molecule has 0 aliphatic carbocycles. The van der Waals surface area contributed by atoms with E-state index in [0.29, 0.717) is 11.3 Å². The fourth-order valence-corrected chi connectivity index (χ4v) is 2.98. The molecule has 21 heavy (non-hydrogen) atoms. The Morgan fingerprint density at radius 2 is 1.95 bits per heavy atom. The lowest BCUT2D eigenvalue weighted by molar-refractivity contribution is -0.133. The molecule has 4 heteroatoms. The molecular formula is C17H14O3S. The van der Waals surface area contributed by atoms with Crippen LogP contribution in [0, 0.1) is 0 Å². The van der Waals surface area contributed by atoms with E-state index >= 15 is 0 Å². The van der Waals surface area contributed by atoms with Crippen LogP contribution in [0.15, 0.2) is 53.9 Å². The largest absolute Gasteiger partial charge is 0.426 e. The van der Waals surface area contributed by atoms with Crippen molar-refractivity contribution in [3.05, 3.63) is 64.4 Å². The molecule has 3 nitrogen and oxygen atoms in total. The van der Waals surface area contributed by atoms with E-state index in [1.165, 1.54) is 11.3 Å². The monoisotopic (exact) mass is 298 g/mol. The fraction of sp³-hybridized carbons (Fsp3) is 0.118. The number of ether oxygens (including phenoxy) is 1. The third-order valence-corrected chi connectivity index (χ3v) is 4.15. The Hall–Kier alpha value is -2.17. The topological polar surface area (TPSA) is 46.5 Å². The average molecular weight is 298 g/mol. The summed E-state index contributed by atoms with van der Waals surface area (Å²) in [5, 5.41) is 13.4. The molecule has 1 heterocycles. The van der Waals surface area contributed by atoms with E-state index in [4.69, 9.17) is 4.74 Å². The van der Waals surface area contributed by atoms with Crippen molar-refractivity contribution in [1.82, 2.24) is 0 Å². The summed E-state index contributed by atoms with van der Waals surface area (Å²) < 4.78 is 5.43. The standard InChI is InChI=1S/C17H14O3S/c18-11-15-14-6-2-1-4-12(14)7-8-16(15)20-17(19)10-13-5-3-9-21-13/h1-9,18H,10-11H2. The Labute approximate surface area is 126 Å². The molecule has 0 amide bonds. The molecule has 1 N–H and O–H groups in total. The van der Waals surface area contributed by atoms with Gasteiger partial charge in [-0.2, -0.15) is 0 Å². The van der Waals surface area contributed by atoms with Gasteiger partial charge in [0.25, 0.3) is 0 Å². The number of fused-ring (bicyclic) bond motifs is 1. The number of carbonyl (C=O) groups is 1. The Balaban J connectivity index is 1.88. The van der Waals surface area contributed by atoms with E-state index in [-0.39, 0.29) is 19.0 Å². The summed E-state index contributed by atoms with van der Waals surface area (Å²) in [6.07, 6.45) is 0.245. The molecule has 0 unspecified atom stereocenters. The third-order valence-electron chi connectivity index (χ3n) is 3.28. The highest BCUT2D eigenvalue weighted by molar-refractivity contribution is 7.10. The zero-order valence-electron chi connectivity index (χ0n) is 11.3. The lowest BCUT2D eigenvalue weighted by atomic mass is 10.0. The number of thiophene rings is 1. The van der Waals surface area contributed by atoms with Gasteiger partial charge >= 0.3 is 5.97 Å². The van der Waals surface area contributed by atoms with Crippen LogP contribution in [-0.4, -0.2) is 11.1 Å². The third kappa shape index (κ3) is 2.96. The summed E-state index contributed by atoms with van der Waals surface area (Å²) in [5.74, 6) is 0.111. The molecule has 0 aliphatic heterocycles. The molecule has 0 saturated heterocycles. The van der Waals surface area contributed by atoms with Crippen molar-refractivity contribution in [1.29, 1.82) is 0 Å². The quantitative estimate of drug-likeness (QED) is 0.592. The summed E-state index contributed by atoms with van der Waals surface area (Å²) in [6, 6.07) is 15.2. The zero-order chi connectivity index (χ0) is 14.7. The van der Waals surface area contributed by atoms with Gasteiger partial charge in [-0.25, -0.2) is 0 Å². The molecular weight excluding hydrogens is 284 g/mol. The molecule has 106 valence electrons.